The summed E-state index contributed by atoms with van der Waals surface area (Å²) >= 11 is -1.90. The number of hydrogen-bond donors (Lipinski definition) is 2. The summed E-state index contributed by atoms with van der Waals surface area (Å²) in [6.07, 6.45) is 14.4. The monoisotopic (exact) mass is 715 g/mol. The summed E-state index contributed by atoms with van der Waals surface area (Å²) in [5, 5.41) is 12.5. The molecular formula is C40H57N7O3S. The van der Waals surface area contributed by atoms with Crippen molar-refractivity contribution in [1.82, 2.24) is 29.6 Å². The van der Waals surface area contributed by atoms with Crippen molar-refractivity contribution >= 4 is 22.6 Å². The van der Waals surface area contributed by atoms with Gasteiger partial charge in [-0.3, -0.25) is 9.82 Å². The quantitative estimate of drug-likeness (QED) is 0.0823. The zero-order valence-electron chi connectivity index (χ0n) is 31.8. The van der Waals surface area contributed by atoms with Crippen LogP contribution in [0, 0.1) is 5.41 Å². The van der Waals surface area contributed by atoms with Crippen LogP contribution in [0.3, 0.4) is 0 Å². The Bertz CT molecular complexity index is 1870. The van der Waals surface area contributed by atoms with Crippen LogP contribution in [0.15, 0.2) is 60.9 Å². The van der Waals surface area contributed by atoms with Gasteiger partial charge in [0.25, 0.3) is 0 Å². The molecule has 0 fully saturated rings. The molecular weight excluding hydrogens is 659 g/mol. The number of H-pyrrole nitrogens is 1. The maximum absolute atomic E-state index is 13.5. The lowest BCUT2D eigenvalue weighted by Crippen LogP contribution is -2.25. The smallest absolute Gasteiger partial charge is 0.316 e. The number of aromatic nitrogens is 6. The van der Waals surface area contributed by atoms with Crippen LogP contribution in [-0.2, 0) is 16.7 Å². The number of nitrogens with zero attached hydrogens (tertiary/aromatic N) is 5. The van der Waals surface area contributed by atoms with E-state index in [0.29, 0.717) is 35.3 Å². The van der Waals surface area contributed by atoms with Crippen molar-refractivity contribution in [1.29, 1.82) is 0 Å². The van der Waals surface area contributed by atoms with Crippen LogP contribution >= 0.6 is 0 Å². The summed E-state index contributed by atoms with van der Waals surface area (Å²) < 4.78 is 32.4. The second-order valence-electron chi connectivity index (χ2n) is 15.8. The zero-order chi connectivity index (χ0) is 36.6. The van der Waals surface area contributed by atoms with E-state index in [-0.39, 0.29) is 16.7 Å². The Balaban J connectivity index is 1.30. The Morgan fingerprint density at radius 1 is 0.922 bits per heavy atom. The molecule has 11 heteroatoms. The number of rotatable bonds is 19. The van der Waals surface area contributed by atoms with Crippen LogP contribution in [0.4, 0.5) is 5.69 Å². The minimum Gasteiger partial charge on any atom is -0.490 e. The largest absolute Gasteiger partial charge is 0.490 e. The van der Waals surface area contributed by atoms with Crippen molar-refractivity contribution in [3.05, 3.63) is 72.2 Å². The average Bonchev–Trinajstić information content (AvgIpc) is 3.81. The van der Waals surface area contributed by atoms with Gasteiger partial charge in [0.1, 0.15) is 5.69 Å². The fourth-order valence-electron chi connectivity index (χ4n) is 6.86. The van der Waals surface area contributed by atoms with Gasteiger partial charge < -0.3 is 8.92 Å². The third-order valence-corrected chi connectivity index (χ3v) is 9.78. The summed E-state index contributed by atoms with van der Waals surface area (Å²) in [6.45, 7) is 18.3. The molecule has 1 unspecified atom stereocenters. The topological polar surface area (TPSA) is 111 Å². The van der Waals surface area contributed by atoms with Gasteiger partial charge in [0.05, 0.1) is 18.0 Å². The van der Waals surface area contributed by atoms with Gasteiger partial charge in [-0.1, -0.05) is 119 Å². The average molecular weight is 716 g/mol. The Morgan fingerprint density at radius 2 is 1.67 bits per heavy atom. The molecule has 2 aromatic carbocycles. The van der Waals surface area contributed by atoms with E-state index in [0.717, 1.165) is 41.8 Å². The van der Waals surface area contributed by atoms with Gasteiger partial charge in [-0.25, -0.2) is 9.67 Å². The molecule has 0 radical (unpaired) electrons. The zero-order valence-corrected chi connectivity index (χ0v) is 32.6. The number of ether oxygens (including phenoxy) is 1. The Hall–Kier alpha value is -4.12. The summed E-state index contributed by atoms with van der Waals surface area (Å²) in [4.78, 5) is 4.87. The maximum atomic E-state index is 13.5. The fourth-order valence-corrected chi connectivity index (χ4v) is 7.52. The van der Waals surface area contributed by atoms with Gasteiger partial charge >= 0.3 is 11.3 Å². The third-order valence-electron chi connectivity index (χ3n) is 9.05. The molecule has 0 saturated carbocycles. The van der Waals surface area contributed by atoms with Crippen molar-refractivity contribution in [2.24, 2.45) is 5.41 Å². The highest BCUT2D eigenvalue weighted by molar-refractivity contribution is 7.82. The number of nitrogens with one attached hydrogen (secondary N) is 2. The number of benzene rings is 2. The molecule has 10 nitrogen and oxygen atoms in total. The van der Waals surface area contributed by atoms with Crippen LogP contribution in [0.1, 0.15) is 130 Å². The van der Waals surface area contributed by atoms with Gasteiger partial charge in [-0.15, -0.1) is 5.10 Å². The van der Waals surface area contributed by atoms with Crippen LogP contribution in [0.5, 0.6) is 11.5 Å². The second kappa shape index (κ2) is 16.9. The summed E-state index contributed by atoms with van der Waals surface area (Å²) in [5.41, 5.74) is 5.06. The van der Waals surface area contributed by atoms with E-state index >= 15 is 0 Å². The van der Waals surface area contributed by atoms with Crippen LogP contribution < -0.4 is 13.6 Å². The molecule has 0 aliphatic rings. The van der Waals surface area contributed by atoms with Gasteiger partial charge in [0.2, 0.25) is 5.65 Å². The number of aromatic amines is 1. The van der Waals surface area contributed by atoms with Crippen molar-refractivity contribution < 1.29 is 13.1 Å². The van der Waals surface area contributed by atoms with E-state index in [1.165, 1.54) is 38.5 Å². The van der Waals surface area contributed by atoms with Crippen molar-refractivity contribution in [3.8, 4) is 28.6 Å². The predicted octanol–water partition coefficient (Wildman–Crippen LogP) is 10.3. The number of anilines is 1. The van der Waals surface area contributed by atoms with Gasteiger partial charge in [-0.05, 0) is 65.5 Å². The molecule has 0 spiro atoms. The molecule has 2 N–H and O–H groups in total. The molecule has 0 bridgehead atoms. The van der Waals surface area contributed by atoms with Gasteiger partial charge in [0, 0.05) is 18.0 Å². The maximum Gasteiger partial charge on any atom is 0.316 e. The molecule has 0 amide bonds. The van der Waals surface area contributed by atoms with Crippen LogP contribution in [0.2, 0.25) is 0 Å². The minimum atomic E-state index is -1.90. The molecule has 0 aliphatic heterocycles. The van der Waals surface area contributed by atoms with Crippen molar-refractivity contribution in [2.45, 2.75) is 125 Å². The molecule has 0 aliphatic carbocycles. The lowest BCUT2D eigenvalue weighted by Gasteiger charge is -2.33. The normalized spacial score (nSPS) is 12.9. The van der Waals surface area contributed by atoms with Crippen LogP contribution in [-0.4, -0.2) is 40.4 Å². The van der Waals surface area contributed by atoms with E-state index in [1.807, 2.05) is 53.3 Å². The van der Waals surface area contributed by atoms with Crippen molar-refractivity contribution in [3.63, 3.8) is 0 Å². The lowest BCUT2D eigenvalue weighted by atomic mass is 9.72. The molecule has 3 aromatic heterocycles. The first-order chi connectivity index (χ1) is 24.3. The third kappa shape index (κ3) is 10.2. The number of hydrogen-bond acceptors (Lipinski definition) is 6. The van der Waals surface area contributed by atoms with E-state index in [9.17, 15) is 4.21 Å². The Kier molecular flexibility index (Phi) is 12.7. The highest BCUT2D eigenvalue weighted by Gasteiger charge is 2.29. The SMILES string of the molecule is CCCCCCCCCCOc1ccc(C(C)(C)CC(C)(C)C)cc1OS(=O)Nc1cccc(-c2nc3c(-n4cccn4)c(C(C)C)[nH]n3n2)c1. The van der Waals surface area contributed by atoms with E-state index in [4.69, 9.17) is 19.0 Å². The van der Waals surface area contributed by atoms with Gasteiger partial charge in [-0.2, -0.15) is 13.9 Å². The number of unbranched alkanes of at least 4 members (excludes halogenated alkanes) is 7. The lowest BCUT2D eigenvalue weighted by molar-refractivity contribution is 0.281. The number of fused-ring (bicyclic) bond motifs is 1. The second-order valence-corrected chi connectivity index (χ2v) is 16.6. The van der Waals surface area contributed by atoms with E-state index in [1.54, 1.807) is 10.8 Å². The molecule has 0 saturated heterocycles. The Morgan fingerprint density at radius 3 is 2.35 bits per heavy atom. The fraction of sp³-hybridized carbons (Fsp3) is 0.525. The molecule has 3 heterocycles. The molecule has 5 aromatic rings. The molecule has 51 heavy (non-hydrogen) atoms. The minimum absolute atomic E-state index is 0.120. The summed E-state index contributed by atoms with van der Waals surface area (Å²) in [5.74, 6) is 1.82. The highest BCUT2D eigenvalue weighted by Crippen LogP contribution is 2.40. The van der Waals surface area contributed by atoms with E-state index < -0.39 is 11.3 Å². The molecule has 1 atom stereocenters. The first-order valence-electron chi connectivity index (χ1n) is 18.6. The summed E-state index contributed by atoms with van der Waals surface area (Å²) in [7, 11) is 0. The Labute approximate surface area is 306 Å². The highest BCUT2D eigenvalue weighted by atomic mass is 32.2. The summed E-state index contributed by atoms with van der Waals surface area (Å²) in [6, 6.07) is 15.5. The van der Waals surface area contributed by atoms with Crippen molar-refractivity contribution in [2.75, 3.05) is 11.3 Å². The predicted molar refractivity (Wildman–Crippen MR) is 208 cm³/mol. The molecule has 5 rings (SSSR count). The van der Waals surface area contributed by atoms with Gasteiger partial charge in [0.15, 0.2) is 17.3 Å². The first-order valence-corrected chi connectivity index (χ1v) is 19.7. The standard InChI is InChI=1S/C40H57N7O3S/c1-9-10-11-12-13-14-15-16-25-49-33-22-21-31(40(7,8)28-39(4,5)6)27-34(33)50-51(48)45-32-20-17-19-30(26-32)37-42-38-36(46-24-18-23-41-46)35(29(2)3)43-47(38)44-37/h17-24,26-27,29,43,45H,9-16,25,28H2,1-8H3. The first kappa shape index (κ1) is 38.1. The van der Waals surface area contributed by atoms with E-state index in [2.05, 4.69) is 76.4 Å². The van der Waals surface area contributed by atoms with Crippen LogP contribution in [0.25, 0.3) is 22.7 Å². The molecule has 276 valence electrons.